The van der Waals surface area contributed by atoms with Gasteiger partial charge in [0.25, 0.3) is 5.91 Å². The molecule has 1 amide bonds. The number of benzene rings is 2. The molecule has 1 aliphatic heterocycles. The van der Waals surface area contributed by atoms with Gasteiger partial charge in [-0.3, -0.25) is 4.79 Å². The van der Waals surface area contributed by atoms with E-state index >= 15 is 0 Å². The average molecular weight is 421 g/mol. The van der Waals surface area contributed by atoms with Crippen molar-refractivity contribution in [2.75, 3.05) is 19.6 Å². The zero-order chi connectivity index (χ0) is 21.6. The Kier molecular flexibility index (Phi) is 6.77. The number of nitrogens with one attached hydrogen (secondary N) is 1. The minimum Gasteiger partial charge on any atom is -0.351 e. The fourth-order valence-electron chi connectivity index (χ4n) is 4.14. The van der Waals surface area contributed by atoms with Crippen LogP contribution < -0.4 is 5.32 Å². The van der Waals surface area contributed by atoms with Crippen LogP contribution in [0, 0.1) is 5.82 Å². The van der Waals surface area contributed by atoms with Gasteiger partial charge in [-0.1, -0.05) is 36.8 Å². The molecule has 1 atom stereocenters. The summed E-state index contributed by atoms with van der Waals surface area (Å²) in [5, 5.41) is 7.68. The van der Waals surface area contributed by atoms with E-state index in [0.29, 0.717) is 29.7 Å². The minimum absolute atomic E-state index is 0.175. The standard InChI is InChI=1S/C25H29FN4O/c1-19-8-5-6-16-29(19)17-7-15-27-25(31)24-18-23(20-9-3-2-4-10-20)28-30(24)22-13-11-21(26)12-14-22/h2-4,9-14,18-19H,5-8,15-17H2,1H3,(H,27,31)/t19-/m0/s1. The van der Waals surface area contributed by atoms with Crippen LogP contribution in [0.15, 0.2) is 60.7 Å². The number of halogens is 1. The molecule has 6 heteroatoms. The molecule has 0 saturated carbocycles. The molecule has 1 fully saturated rings. The predicted molar refractivity (Wildman–Crippen MR) is 121 cm³/mol. The van der Waals surface area contributed by atoms with E-state index in [-0.39, 0.29) is 11.7 Å². The van der Waals surface area contributed by atoms with Crippen LogP contribution in [0.4, 0.5) is 4.39 Å². The van der Waals surface area contributed by atoms with E-state index in [2.05, 4.69) is 22.2 Å². The van der Waals surface area contributed by atoms with Crippen LogP contribution in [0.2, 0.25) is 0 Å². The van der Waals surface area contributed by atoms with Gasteiger partial charge in [0, 0.05) is 24.7 Å². The molecular weight excluding hydrogens is 391 g/mol. The molecule has 31 heavy (non-hydrogen) atoms. The number of nitrogens with zero attached hydrogens (tertiary/aromatic N) is 3. The van der Waals surface area contributed by atoms with E-state index in [0.717, 1.165) is 25.1 Å². The summed E-state index contributed by atoms with van der Waals surface area (Å²) in [6.45, 7) is 5.03. The van der Waals surface area contributed by atoms with Crippen molar-refractivity contribution in [3.8, 4) is 16.9 Å². The minimum atomic E-state index is -0.322. The van der Waals surface area contributed by atoms with Crippen molar-refractivity contribution in [2.24, 2.45) is 0 Å². The highest BCUT2D eigenvalue weighted by Crippen LogP contribution is 2.22. The molecule has 0 bridgehead atoms. The molecular formula is C25H29FN4O. The van der Waals surface area contributed by atoms with Crippen molar-refractivity contribution in [1.82, 2.24) is 20.0 Å². The van der Waals surface area contributed by atoms with Crippen LogP contribution in [-0.2, 0) is 0 Å². The molecule has 1 N–H and O–H groups in total. The third-order valence-corrected chi connectivity index (χ3v) is 5.93. The van der Waals surface area contributed by atoms with Gasteiger partial charge in [-0.25, -0.2) is 9.07 Å². The molecule has 162 valence electrons. The number of aromatic nitrogens is 2. The summed E-state index contributed by atoms with van der Waals surface area (Å²) in [5.74, 6) is -0.497. The molecule has 2 heterocycles. The lowest BCUT2D eigenvalue weighted by Crippen LogP contribution is -2.39. The summed E-state index contributed by atoms with van der Waals surface area (Å²) in [7, 11) is 0. The normalized spacial score (nSPS) is 16.9. The smallest absolute Gasteiger partial charge is 0.270 e. The highest BCUT2D eigenvalue weighted by Gasteiger charge is 2.19. The molecule has 4 rings (SSSR count). The van der Waals surface area contributed by atoms with E-state index in [1.165, 1.54) is 31.4 Å². The van der Waals surface area contributed by atoms with Gasteiger partial charge >= 0.3 is 0 Å². The maximum atomic E-state index is 13.4. The van der Waals surface area contributed by atoms with Crippen molar-refractivity contribution in [1.29, 1.82) is 0 Å². The highest BCUT2D eigenvalue weighted by atomic mass is 19.1. The summed E-state index contributed by atoms with van der Waals surface area (Å²) < 4.78 is 15.0. The van der Waals surface area contributed by atoms with E-state index in [4.69, 9.17) is 0 Å². The summed E-state index contributed by atoms with van der Waals surface area (Å²) in [6, 6.07) is 18.2. The zero-order valence-electron chi connectivity index (χ0n) is 17.9. The summed E-state index contributed by atoms with van der Waals surface area (Å²) in [4.78, 5) is 15.5. The quantitative estimate of drug-likeness (QED) is 0.565. The maximum Gasteiger partial charge on any atom is 0.270 e. The Hall–Kier alpha value is -2.99. The summed E-state index contributed by atoms with van der Waals surface area (Å²) in [6.07, 6.45) is 4.74. The Labute approximate surface area is 182 Å². The Morgan fingerprint density at radius 1 is 1.13 bits per heavy atom. The average Bonchev–Trinajstić information content (AvgIpc) is 3.24. The topological polar surface area (TPSA) is 50.2 Å². The first kappa shape index (κ1) is 21.2. The van der Waals surface area contributed by atoms with Crippen LogP contribution >= 0.6 is 0 Å². The highest BCUT2D eigenvalue weighted by molar-refractivity contribution is 5.94. The number of hydrogen-bond donors (Lipinski definition) is 1. The number of amides is 1. The Morgan fingerprint density at radius 3 is 2.65 bits per heavy atom. The molecule has 0 aliphatic carbocycles. The molecule has 3 aromatic rings. The Morgan fingerprint density at radius 2 is 1.90 bits per heavy atom. The second kappa shape index (κ2) is 9.88. The van der Waals surface area contributed by atoms with E-state index in [9.17, 15) is 9.18 Å². The largest absolute Gasteiger partial charge is 0.351 e. The van der Waals surface area contributed by atoms with Gasteiger partial charge in [-0.2, -0.15) is 5.10 Å². The molecule has 0 unspecified atom stereocenters. The lowest BCUT2D eigenvalue weighted by atomic mass is 10.0. The van der Waals surface area contributed by atoms with Crippen LogP contribution in [0.1, 0.15) is 43.1 Å². The van der Waals surface area contributed by atoms with E-state index in [1.54, 1.807) is 22.9 Å². The molecule has 1 aliphatic rings. The number of rotatable bonds is 7. The summed E-state index contributed by atoms with van der Waals surface area (Å²) in [5.41, 5.74) is 2.72. The second-order valence-electron chi connectivity index (χ2n) is 8.16. The van der Waals surface area contributed by atoms with Crippen molar-refractivity contribution >= 4 is 5.91 Å². The SMILES string of the molecule is C[C@H]1CCCCN1CCCNC(=O)c1cc(-c2ccccc2)nn1-c1ccc(F)cc1. The first-order valence-corrected chi connectivity index (χ1v) is 11.1. The van der Waals surface area contributed by atoms with Gasteiger partial charge in [-0.05, 0) is 63.1 Å². The van der Waals surface area contributed by atoms with Gasteiger partial charge in [0.15, 0.2) is 0 Å². The van der Waals surface area contributed by atoms with Crippen LogP contribution in [0.3, 0.4) is 0 Å². The van der Waals surface area contributed by atoms with Crippen LogP contribution in [-0.4, -0.2) is 46.3 Å². The summed E-state index contributed by atoms with van der Waals surface area (Å²) >= 11 is 0. The lowest BCUT2D eigenvalue weighted by molar-refractivity contribution is 0.0941. The number of piperidine rings is 1. The third-order valence-electron chi connectivity index (χ3n) is 5.93. The predicted octanol–water partition coefficient (Wildman–Crippen LogP) is 4.67. The van der Waals surface area contributed by atoms with Crippen molar-refractivity contribution in [3.63, 3.8) is 0 Å². The van der Waals surface area contributed by atoms with Crippen molar-refractivity contribution < 1.29 is 9.18 Å². The molecule has 0 radical (unpaired) electrons. The number of carbonyl (C=O) groups excluding carboxylic acids is 1. The number of hydrogen-bond acceptors (Lipinski definition) is 3. The van der Waals surface area contributed by atoms with Crippen LogP contribution in [0.5, 0.6) is 0 Å². The van der Waals surface area contributed by atoms with Gasteiger partial charge < -0.3 is 10.2 Å². The first-order chi connectivity index (χ1) is 15.1. The fourth-order valence-corrected chi connectivity index (χ4v) is 4.14. The van der Waals surface area contributed by atoms with E-state index < -0.39 is 0 Å². The monoisotopic (exact) mass is 420 g/mol. The van der Waals surface area contributed by atoms with Gasteiger partial charge in [0.05, 0.1) is 11.4 Å². The molecule has 5 nitrogen and oxygen atoms in total. The lowest BCUT2D eigenvalue weighted by Gasteiger charge is -2.33. The maximum absolute atomic E-state index is 13.4. The molecule has 0 spiro atoms. The molecule has 2 aromatic carbocycles. The fraction of sp³-hybridized carbons (Fsp3) is 0.360. The van der Waals surface area contributed by atoms with Crippen molar-refractivity contribution in [3.05, 3.63) is 72.2 Å². The first-order valence-electron chi connectivity index (χ1n) is 11.1. The van der Waals surface area contributed by atoms with Crippen LogP contribution in [0.25, 0.3) is 16.9 Å². The van der Waals surface area contributed by atoms with Crippen molar-refractivity contribution in [2.45, 2.75) is 38.6 Å². The van der Waals surface area contributed by atoms with E-state index in [1.807, 2.05) is 30.3 Å². The van der Waals surface area contributed by atoms with Gasteiger partial charge in [0.2, 0.25) is 0 Å². The Bertz CT molecular complexity index is 1000. The number of carbonyl (C=O) groups is 1. The van der Waals surface area contributed by atoms with Gasteiger partial charge in [-0.15, -0.1) is 0 Å². The second-order valence-corrected chi connectivity index (χ2v) is 8.16. The van der Waals surface area contributed by atoms with Gasteiger partial charge in [0.1, 0.15) is 11.5 Å². The zero-order valence-corrected chi connectivity index (χ0v) is 17.9. The third kappa shape index (κ3) is 5.20. The number of likely N-dealkylation sites (tertiary alicyclic amines) is 1. The molecule has 1 saturated heterocycles. The molecule has 1 aromatic heterocycles. The Balaban J connectivity index is 1.48.